The van der Waals surface area contributed by atoms with Gasteiger partial charge in [0.2, 0.25) is 5.88 Å². The van der Waals surface area contributed by atoms with E-state index in [1.165, 1.54) is 0 Å². The normalized spacial score (nSPS) is 21.1. The standard InChI is InChI=1S/C25H27ClN4O3/c26-18-5-3-17(4-6-18)24(31)28-19-7-9-20(10-8-19)33-25-21-2-1-11-27-22(21)16-23(29-25)30-12-14-32-15-13-30/h1-6,11,16,19-20H,7-10,12-15H2,(H,28,31)/t19-,20+. The molecule has 1 aliphatic carbocycles. The lowest BCUT2D eigenvalue weighted by Crippen LogP contribution is -2.39. The first-order valence-electron chi connectivity index (χ1n) is 11.5. The Balaban J connectivity index is 1.24. The maximum absolute atomic E-state index is 12.5. The van der Waals surface area contributed by atoms with Crippen LogP contribution in [0.15, 0.2) is 48.7 Å². The van der Waals surface area contributed by atoms with Gasteiger partial charge < -0.3 is 19.7 Å². The van der Waals surface area contributed by atoms with Gasteiger partial charge in [-0.15, -0.1) is 0 Å². The molecular formula is C25H27ClN4O3. The molecule has 0 unspecified atom stereocenters. The summed E-state index contributed by atoms with van der Waals surface area (Å²) < 4.78 is 11.9. The molecule has 33 heavy (non-hydrogen) atoms. The number of rotatable bonds is 5. The molecule has 1 saturated carbocycles. The maximum atomic E-state index is 12.5. The quantitative estimate of drug-likeness (QED) is 0.606. The fourth-order valence-electron chi connectivity index (χ4n) is 4.43. The Bertz CT molecular complexity index is 1110. The van der Waals surface area contributed by atoms with Crippen LogP contribution in [0.25, 0.3) is 10.9 Å². The Labute approximate surface area is 198 Å². The van der Waals surface area contributed by atoms with Gasteiger partial charge in [0.25, 0.3) is 5.91 Å². The molecule has 172 valence electrons. The molecule has 3 heterocycles. The summed E-state index contributed by atoms with van der Waals surface area (Å²) in [6.07, 6.45) is 5.30. The highest BCUT2D eigenvalue weighted by Crippen LogP contribution is 2.31. The second-order valence-electron chi connectivity index (χ2n) is 8.53. The monoisotopic (exact) mass is 466 g/mol. The SMILES string of the molecule is O=C(N[C@H]1CC[C@@H](Oc2nc(N3CCOCC3)cc3ncccc23)CC1)c1ccc(Cl)cc1. The van der Waals surface area contributed by atoms with Crippen molar-refractivity contribution in [2.75, 3.05) is 31.2 Å². The largest absolute Gasteiger partial charge is 0.474 e. The van der Waals surface area contributed by atoms with Gasteiger partial charge >= 0.3 is 0 Å². The number of fused-ring (bicyclic) bond motifs is 1. The number of amides is 1. The van der Waals surface area contributed by atoms with Gasteiger partial charge in [-0.2, -0.15) is 4.98 Å². The second kappa shape index (κ2) is 9.93. The number of halogens is 1. The van der Waals surface area contributed by atoms with Crippen molar-refractivity contribution in [1.29, 1.82) is 0 Å². The van der Waals surface area contributed by atoms with Gasteiger partial charge in [0, 0.05) is 42.0 Å². The average Bonchev–Trinajstić information content (AvgIpc) is 2.86. The van der Waals surface area contributed by atoms with Crippen LogP contribution in [-0.4, -0.2) is 54.3 Å². The molecule has 2 aliphatic rings. The minimum atomic E-state index is -0.0621. The first kappa shape index (κ1) is 21.9. The van der Waals surface area contributed by atoms with E-state index in [0.29, 0.717) is 29.7 Å². The zero-order valence-electron chi connectivity index (χ0n) is 18.4. The third kappa shape index (κ3) is 5.20. The summed E-state index contributed by atoms with van der Waals surface area (Å²) in [5, 5.41) is 4.69. The van der Waals surface area contributed by atoms with Crippen LogP contribution in [0.3, 0.4) is 0 Å². The van der Waals surface area contributed by atoms with Crippen molar-refractivity contribution in [1.82, 2.24) is 15.3 Å². The topological polar surface area (TPSA) is 76.6 Å². The van der Waals surface area contributed by atoms with Gasteiger partial charge in [-0.05, 0) is 62.1 Å². The van der Waals surface area contributed by atoms with E-state index in [2.05, 4.69) is 15.2 Å². The highest BCUT2D eigenvalue weighted by Gasteiger charge is 2.25. The fourth-order valence-corrected chi connectivity index (χ4v) is 4.56. The number of carbonyl (C=O) groups is 1. The van der Waals surface area contributed by atoms with E-state index in [1.54, 1.807) is 30.5 Å². The van der Waals surface area contributed by atoms with E-state index in [-0.39, 0.29) is 18.1 Å². The van der Waals surface area contributed by atoms with Crippen molar-refractivity contribution in [3.8, 4) is 5.88 Å². The van der Waals surface area contributed by atoms with Crippen LogP contribution in [0.2, 0.25) is 5.02 Å². The molecule has 2 fully saturated rings. The minimum absolute atomic E-state index is 0.0597. The van der Waals surface area contributed by atoms with E-state index >= 15 is 0 Å². The van der Waals surface area contributed by atoms with Gasteiger partial charge in [0.05, 0.1) is 24.1 Å². The summed E-state index contributed by atoms with van der Waals surface area (Å²) >= 11 is 5.92. The maximum Gasteiger partial charge on any atom is 0.251 e. The number of nitrogens with zero attached hydrogens (tertiary/aromatic N) is 3. The molecule has 0 atom stereocenters. The Morgan fingerprint density at radius 1 is 1.09 bits per heavy atom. The molecule has 3 aromatic rings. The van der Waals surface area contributed by atoms with Crippen LogP contribution in [0, 0.1) is 0 Å². The number of anilines is 1. The van der Waals surface area contributed by atoms with Gasteiger partial charge in [0.1, 0.15) is 11.9 Å². The van der Waals surface area contributed by atoms with Gasteiger partial charge in [-0.1, -0.05) is 11.6 Å². The molecule has 8 heteroatoms. The number of nitrogens with one attached hydrogen (secondary N) is 1. The Kier molecular flexibility index (Phi) is 6.60. The lowest BCUT2D eigenvalue weighted by molar-refractivity contribution is 0.0891. The molecule has 1 aromatic carbocycles. The molecule has 0 spiro atoms. The van der Waals surface area contributed by atoms with Crippen molar-refractivity contribution >= 4 is 34.2 Å². The van der Waals surface area contributed by atoms with Crippen LogP contribution < -0.4 is 15.0 Å². The molecular weight excluding hydrogens is 440 g/mol. The van der Waals surface area contributed by atoms with Crippen LogP contribution >= 0.6 is 11.6 Å². The number of benzene rings is 1. The number of hydrogen-bond donors (Lipinski definition) is 1. The molecule has 1 N–H and O–H groups in total. The van der Waals surface area contributed by atoms with Crippen LogP contribution in [0.4, 0.5) is 5.82 Å². The van der Waals surface area contributed by atoms with E-state index in [1.807, 2.05) is 18.2 Å². The van der Waals surface area contributed by atoms with Gasteiger partial charge in [-0.3, -0.25) is 9.78 Å². The van der Waals surface area contributed by atoms with Crippen LogP contribution in [-0.2, 0) is 4.74 Å². The molecule has 2 aromatic heterocycles. The summed E-state index contributed by atoms with van der Waals surface area (Å²) in [5.74, 6) is 1.45. The van der Waals surface area contributed by atoms with Crippen molar-refractivity contribution < 1.29 is 14.3 Å². The first-order valence-corrected chi connectivity index (χ1v) is 11.8. The number of carbonyl (C=O) groups excluding carboxylic acids is 1. The molecule has 0 bridgehead atoms. The van der Waals surface area contributed by atoms with Gasteiger partial charge in [-0.25, -0.2) is 0 Å². The third-order valence-electron chi connectivity index (χ3n) is 6.28. The number of ether oxygens (including phenoxy) is 2. The Hall–Kier alpha value is -2.90. The molecule has 5 rings (SSSR count). The van der Waals surface area contributed by atoms with E-state index < -0.39 is 0 Å². The fraction of sp³-hybridized carbons (Fsp3) is 0.400. The summed E-state index contributed by atoms with van der Waals surface area (Å²) in [7, 11) is 0. The smallest absolute Gasteiger partial charge is 0.251 e. The van der Waals surface area contributed by atoms with Gasteiger partial charge in [0.15, 0.2) is 0 Å². The first-order chi connectivity index (χ1) is 16.2. The molecule has 1 saturated heterocycles. The predicted octanol–water partition coefficient (Wildman–Crippen LogP) is 4.24. The zero-order valence-corrected chi connectivity index (χ0v) is 19.1. The highest BCUT2D eigenvalue weighted by molar-refractivity contribution is 6.30. The number of hydrogen-bond acceptors (Lipinski definition) is 6. The van der Waals surface area contributed by atoms with E-state index in [4.69, 9.17) is 26.1 Å². The number of morpholine rings is 1. The third-order valence-corrected chi connectivity index (χ3v) is 6.53. The molecule has 1 aliphatic heterocycles. The van der Waals surface area contributed by atoms with Crippen molar-refractivity contribution in [3.05, 3.63) is 59.2 Å². The summed E-state index contributed by atoms with van der Waals surface area (Å²) in [5.41, 5.74) is 1.51. The lowest BCUT2D eigenvalue weighted by atomic mass is 9.92. The van der Waals surface area contributed by atoms with Crippen LogP contribution in [0.1, 0.15) is 36.0 Å². The van der Waals surface area contributed by atoms with E-state index in [0.717, 1.165) is 55.5 Å². The van der Waals surface area contributed by atoms with E-state index in [9.17, 15) is 4.79 Å². The van der Waals surface area contributed by atoms with Crippen molar-refractivity contribution in [2.45, 2.75) is 37.8 Å². The summed E-state index contributed by atoms with van der Waals surface area (Å²) in [6, 6.07) is 13.0. The highest BCUT2D eigenvalue weighted by atomic mass is 35.5. The molecule has 7 nitrogen and oxygen atoms in total. The predicted molar refractivity (Wildman–Crippen MR) is 128 cm³/mol. The zero-order chi connectivity index (χ0) is 22.6. The average molecular weight is 467 g/mol. The minimum Gasteiger partial charge on any atom is -0.474 e. The summed E-state index contributed by atoms with van der Waals surface area (Å²) in [4.78, 5) is 24.1. The second-order valence-corrected chi connectivity index (χ2v) is 8.96. The van der Waals surface area contributed by atoms with Crippen molar-refractivity contribution in [3.63, 3.8) is 0 Å². The molecule has 0 radical (unpaired) electrons. The Morgan fingerprint density at radius 3 is 2.61 bits per heavy atom. The molecule has 1 amide bonds. The van der Waals surface area contributed by atoms with Crippen LogP contribution in [0.5, 0.6) is 5.88 Å². The van der Waals surface area contributed by atoms with Crippen molar-refractivity contribution in [2.24, 2.45) is 0 Å². The summed E-state index contributed by atoms with van der Waals surface area (Å²) in [6.45, 7) is 3.01. The Morgan fingerprint density at radius 2 is 1.85 bits per heavy atom. The lowest BCUT2D eigenvalue weighted by Gasteiger charge is -2.31. The number of aromatic nitrogens is 2. The number of pyridine rings is 2.